The Hall–Kier alpha value is -0.470. The Balaban J connectivity index is 1.67. The second-order valence-corrected chi connectivity index (χ2v) is 6.80. The summed E-state index contributed by atoms with van der Waals surface area (Å²) in [5, 5.41) is 3.45. The predicted octanol–water partition coefficient (Wildman–Crippen LogP) is 3.76. The summed E-state index contributed by atoms with van der Waals surface area (Å²) >= 11 is 2.11. The van der Waals surface area contributed by atoms with Gasteiger partial charge in [-0.25, -0.2) is 0 Å². The van der Waals surface area contributed by atoms with Gasteiger partial charge in [0.2, 0.25) is 0 Å². The average molecular weight is 261 g/mol. The molecule has 0 atom stereocenters. The van der Waals surface area contributed by atoms with E-state index in [-0.39, 0.29) is 0 Å². The molecule has 0 unspecified atom stereocenters. The first-order valence-electron chi connectivity index (χ1n) is 7.32. The molecule has 2 heteroatoms. The molecule has 18 heavy (non-hydrogen) atoms. The molecule has 1 N–H and O–H groups in total. The van der Waals surface area contributed by atoms with Crippen molar-refractivity contribution in [2.45, 2.75) is 37.5 Å². The van der Waals surface area contributed by atoms with Gasteiger partial charge in [-0.15, -0.1) is 0 Å². The van der Waals surface area contributed by atoms with Crippen LogP contribution in [0.25, 0.3) is 0 Å². The monoisotopic (exact) mass is 261 g/mol. The lowest BCUT2D eigenvalue weighted by molar-refractivity contribution is 0.460. The van der Waals surface area contributed by atoms with Gasteiger partial charge < -0.3 is 5.32 Å². The fourth-order valence-corrected chi connectivity index (χ4v) is 4.33. The lowest BCUT2D eigenvalue weighted by Crippen LogP contribution is -2.26. The lowest BCUT2D eigenvalue weighted by atomic mass is 9.87. The number of piperidine rings is 1. The zero-order chi connectivity index (χ0) is 12.2. The molecule has 1 aromatic carbocycles. The third-order valence-electron chi connectivity index (χ3n) is 4.44. The molecule has 2 aliphatic heterocycles. The Morgan fingerprint density at radius 2 is 1.28 bits per heavy atom. The van der Waals surface area contributed by atoms with Crippen LogP contribution >= 0.6 is 11.8 Å². The van der Waals surface area contributed by atoms with Crippen LogP contribution in [0.1, 0.15) is 48.6 Å². The number of benzene rings is 1. The number of hydrogen-bond acceptors (Lipinski definition) is 2. The topological polar surface area (TPSA) is 12.0 Å². The van der Waals surface area contributed by atoms with Gasteiger partial charge in [-0.3, -0.25) is 0 Å². The van der Waals surface area contributed by atoms with Gasteiger partial charge in [-0.1, -0.05) is 24.3 Å². The Morgan fingerprint density at radius 3 is 1.83 bits per heavy atom. The third kappa shape index (κ3) is 2.92. The van der Waals surface area contributed by atoms with Crippen molar-refractivity contribution in [1.29, 1.82) is 0 Å². The zero-order valence-corrected chi connectivity index (χ0v) is 11.8. The van der Waals surface area contributed by atoms with Crippen LogP contribution in [0.2, 0.25) is 0 Å². The summed E-state index contributed by atoms with van der Waals surface area (Å²) in [5.41, 5.74) is 3.14. The van der Waals surface area contributed by atoms with Gasteiger partial charge in [-0.2, -0.15) is 11.8 Å². The first-order valence-corrected chi connectivity index (χ1v) is 8.47. The van der Waals surface area contributed by atoms with E-state index in [9.17, 15) is 0 Å². The third-order valence-corrected chi connectivity index (χ3v) is 5.49. The minimum Gasteiger partial charge on any atom is -0.317 e. The molecule has 2 heterocycles. The molecular formula is C16H23NS. The predicted molar refractivity (Wildman–Crippen MR) is 80.6 cm³/mol. The van der Waals surface area contributed by atoms with Crippen LogP contribution in [-0.4, -0.2) is 24.6 Å². The van der Waals surface area contributed by atoms with E-state index in [4.69, 9.17) is 0 Å². The van der Waals surface area contributed by atoms with Crippen molar-refractivity contribution in [2.24, 2.45) is 0 Å². The van der Waals surface area contributed by atoms with Gasteiger partial charge in [0.25, 0.3) is 0 Å². The summed E-state index contributed by atoms with van der Waals surface area (Å²) in [6.07, 6.45) is 5.35. The van der Waals surface area contributed by atoms with Crippen LogP contribution in [-0.2, 0) is 0 Å². The molecule has 0 saturated carbocycles. The Bertz CT molecular complexity index is 324. The highest BCUT2D eigenvalue weighted by atomic mass is 32.2. The molecule has 1 nitrogen and oxygen atoms in total. The van der Waals surface area contributed by atoms with E-state index >= 15 is 0 Å². The average Bonchev–Trinajstić information content (AvgIpc) is 2.49. The molecule has 0 radical (unpaired) electrons. The quantitative estimate of drug-likeness (QED) is 0.870. The summed E-state index contributed by atoms with van der Waals surface area (Å²) in [7, 11) is 0. The second-order valence-electron chi connectivity index (χ2n) is 5.58. The molecule has 0 aromatic heterocycles. The molecule has 0 aliphatic carbocycles. The fourth-order valence-electron chi connectivity index (χ4n) is 3.23. The van der Waals surface area contributed by atoms with E-state index in [1.54, 1.807) is 11.1 Å². The van der Waals surface area contributed by atoms with Crippen LogP contribution < -0.4 is 5.32 Å². The normalized spacial score (nSPS) is 23.1. The van der Waals surface area contributed by atoms with Gasteiger partial charge in [-0.05, 0) is 73.2 Å². The lowest BCUT2D eigenvalue weighted by Gasteiger charge is -2.25. The van der Waals surface area contributed by atoms with E-state index in [0.717, 1.165) is 11.8 Å². The van der Waals surface area contributed by atoms with Crippen molar-refractivity contribution >= 4 is 11.8 Å². The molecule has 3 rings (SSSR count). The largest absolute Gasteiger partial charge is 0.317 e. The maximum absolute atomic E-state index is 3.45. The van der Waals surface area contributed by atoms with E-state index in [1.807, 2.05) is 0 Å². The Kier molecular flexibility index (Phi) is 4.27. The highest BCUT2D eigenvalue weighted by Gasteiger charge is 2.18. The molecule has 2 saturated heterocycles. The highest BCUT2D eigenvalue weighted by Crippen LogP contribution is 2.33. The molecule has 0 amide bonds. The minimum atomic E-state index is 0.794. The molecule has 2 aliphatic rings. The summed E-state index contributed by atoms with van der Waals surface area (Å²) in [4.78, 5) is 0. The molecule has 0 bridgehead atoms. The smallest absolute Gasteiger partial charge is 0.00431 e. The standard InChI is InChI=1S/C16H23NS/c1-3-14(16-7-11-18-12-8-16)4-2-13(1)15-5-9-17-10-6-15/h1-4,15-17H,5-12H2. The number of hydrogen-bond donors (Lipinski definition) is 1. The molecule has 98 valence electrons. The van der Waals surface area contributed by atoms with Crippen molar-refractivity contribution in [2.75, 3.05) is 24.6 Å². The zero-order valence-electron chi connectivity index (χ0n) is 11.0. The highest BCUT2D eigenvalue weighted by molar-refractivity contribution is 7.99. The summed E-state index contributed by atoms with van der Waals surface area (Å²) in [5.74, 6) is 4.32. The Morgan fingerprint density at radius 1 is 0.778 bits per heavy atom. The van der Waals surface area contributed by atoms with Crippen LogP contribution in [0.3, 0.4) is 0 Å². The Labute approximate surface area is 115 Å². The summed E-state index contributed by atoms with van der Waals surface area (Å²) in [6, 6.07) is 9.59. The SMILES string of the molecule is c1cc(C2CCSCC2)ccc1C1CCNCC1. The van der Waals surface area contributed by atoms with Gasteiger partial charge in [0, 0.05) is 0 Å². The van der Waals surface area contributed by atoms with Gasteiger partial charge in [0.15, 0.2) is 0 Å². The number of nitrogens with one attached hydrogen (secondary N) is 1. The van der Waals surface area contributed by atoms with Crippen molar-refractivity contribution in [3.05, 3.63) is 35.4 Å². The molecule has 2 fully saturated rings. The number of rotatable bonds is 2. The van der Waals surface area contributed by atoms with E-state index < -0.39 is 0 Å². The van der Waals surface area contributed by atoms with Crippen LogP contribution in [0.4, 0.5) is 0 Å². The fraction of sp³-hybridized carbons (Fsp3) is 0.625. The summed E-state index contributed by atoms with van der Waals surface area (Å²) in [6.45, 7) is 2.37. The first-order chi connectivity index (χ1) is 8.93. The van der Waals surface area contributed by atoms with Crippen molar-refractivity contribution in [3.8, 4) is 0 Å². The molecule has 1 aromatic rings. The van der Waals surface area contributed by atoms with Gasteiger partial charge in [0.05, 0.1) is 0 Å². The maximum Gasteiger partial charge on any atom is -0.00431 e. The molecular weight excluding hydrogens is 238 g/mol. The van der Waals surface area contributed by atoms with Gasteiger partial charge in [0.1, 0.15) is 0 Å². The first kappa shape index (κ1) is 12.6. The van der Waals surface area contributed by atoms with Gasteiger partial charge >= 0.3 is 0 Å². The van der Waals surface area contributed by atoms with E-state index in [1.165, 1.54) is 50.3 Å². The van der Waals surface area contributed by atoms with Crippen molar-refractivity contribution in [3.63, 3.8) is 0 Å². The van der Waals surface area contributed by atoms with E-state index in [0.29, 0.717) is 0 Å². The van der Waals surface area contributed by atoms with Crippen LogP contribution in [0.15, 0.2) is 24.3 Å². The number of thioether (sulfide) groups is 1. The maximum atomic E-state index is 3.45. The second kappa shape index (κ2) is 6.12. The van der Waals surface area contributed by atoms with Crippen molar-refractivity contribution in [1.82, 2.24) is 5.32 Å². The van der Waals surface area contributed by atoms with E-state index in [2.05, 4.69) is 41.3 Å². The molecule has 0 spiro atoms. The van der Waals surface area contributed by atoms with Crippen LogP contribution in [0, 0.1) is 0 Å². The minimum absolute atomic E-state index is 0.794. The van der Waals surface area contributed by atoms with Crippen LogP contribution in [0.5, 0.6) is 0 Å². The summed E-state index contributed by atoms with van der Waals surface area (Å²) < 4.78 is 0. The van der Waals surface area contributed by atoms with Crippen molar-refractivity contribution < 1.29 is 0 Å².